The lowest BCUT2D eigenvalue weighted by Crippen LogP contribution is -2.47. The molecular weight excluding hydrogens is 300 g/mol. The molecule has 0 aliphatic rings. The molecule has 0 saturated heterocycles. The van der Waals surface area contributed by atoms with E-state index in [0.717, 1.165) is 34.0 Å². The highest BCUT2D eigenvalue weighted by Crippen LogP contribution is 2.19. The molecule has 0 aliphatic heterocycles. The number of rotatable bonds is 7. The van der Waals surface area contributed by atoms with Crippen LogP contribution >= 0.6 is 11.6 Å². The summed E-state index contributed by atoms with van der Waals surface area (Å²) in [4.78, 5) is 0. The Hall–Kier alpha value is -1.36. The topological polar surface area (TPSA) is 58.3 Å². The van der Waals surface area contributed by atoms with Crippen molar-refractivity contribution >= 4 is 11.6 Å². The van der Waals surface area contributed by atoms with Gasteiger partial charge in [-0.15, -0.1) is 0 Å². The third-order valence-electron chi connectivity index (χ3n) is 3.94. The number of aliphatic hydroxyl groups is 1. The summed E-state index contributed by atoms with van der Waals surface area (Å²) >= 11 is 5.91. The second-order valence-electron chi connectivity index (χ2n) is 5.90. The maximum Gasteiger partial charge on any atom is 0.141 e. The molecule has 1 atom stereocenters. The Bertz CT molecular complexity index is 610. The Kier molecular flexibility index (Phi) is 5.62. The fourth-order valence-electron chi connectivity index (χ4n) is 2.47. The van der Waals surface area contributed by atoms with Crippen LogP contribution in [-0.4, -0.2) is 22.4 Å². The molecule has 2 aromatic rings. The van der Waals surface area contributed by atoms with Crippen molar-refractivity contribution < 1.29 is 9.63 Å². The van der Waals surface area contributed by atoms with E-state index in [0.29, 0.717) is 13.0 Å². The molecule has 1 aromatic carbocycles. The molecule has 0 amide bonds. The van der Waals surface area contributed by atoms with Gasteiger partial charge in [-0.3, -0.25) is 0 Å². The Morgan fingerprint density at radius 3 is 2.59 bits per heavy atom. The van der Waals surface area contributed by atoms with Crippen LogP contribution in [0, 0.1) is 6.92 Å². The first-order chi connectivity index (χ1) is 10.5. The highest BCUT2D eigenvalue weighted by molar-refractivity contribution is 6.30. The summed E-state index contributed by atoms with van der Waals surface area (Å²) in [5.41, 5.74) is 2.70. The van der Waals surface area contributed by atoms with Gasteiger partial charge in [-0.25, -0.2) is 0 Å². The van der Waals surface area contributed by atoms with E-state index in [2.05, 4.69) is 10.5 Å². The van der Waals surface area contributed by atoms with Gasteiger partial charge in [0.2, 0.25) is 0 Å². The molecule has 0 aliphatic carbocycles. The summed E-state index contributed by atoms with van der Waals surface area (Å²) in [6.45, 7) is 6.66. The molecule has 22 heavy (non-hydrogen) atoms. The van der Waals surface area contributed by atoms with E-state index in [9.17, 15) is 5.11 Å². The number of halogens is 1. The number of nitrogens with one attached hydrogen (secondary N) is 1. The fraction of sp³-hybridized carbons (Fsp3) is 0.471. The fourth-order valence-corrected chi connectivity index (χ4v) is 2.59. The van der Waals surface area contributed by atoms with Crippen LogP contribution in [0.4, 0.5) is 0 Å². The zero-order chi connectivity index (χ0) is 16.2. The molecule has 2 N–H and O–H groups in total. The highest BCUT2D eigenvalue weighted by atomic mass is 35.5. The van der Waals surface area contributed by atoms with Gasteiger partial charge in [-0.2, -0.15) is 0 Å². The number of benzene rings is 1. The summed E-state index contributed by atoms with van der Waals surface area (Å²) in [6.07, 6.45) is 1.53. The predicted molar refractivity (Wildman–Crippen MR) is 88.1 cm³/mol. The van der Waals surface area contributed by atoms with Crippen molar-refractivity contribution in [2.45, 2.75) is 45.7 Å². The average Bonchev–Trinajstić information content (AvgIpc) is 2.88. The third-order valence-corrected chi connectivity index (χ3v) is 4.19. The number of hydrogen-bond acceptors (Lipinski definition) is 4. The molecule has 0 spiro atoms. The lowest BCUT2D eigenvalue weighted by atomic mass is 9.93. The summed E-state index contributed by atoms with van der Waals surface area (Å²) in [6, 6.07) is 7.71. The SMILES string of the molecule is CCc1onc(C)c1CN[C@](C)(CO)Cc1ccc(Cl)cc1. The Balaban J connectivity index is 2.06. The standard InChI is InChI=1S/C17H23ClN2O2/c1-4-16-15(12(2)20-22-16)10-19-17(3,11-21)9-13-5-7-14(18)8-6-13/h5-8,19,21H,4,9-11H2,1-3H3/t17-/m0/s1. The van der Waals surface area contributed by atoms with Gasteiger partial charge < -0.3 is 14.9 Å². The third kappa shape index (κ3) is 4.09. The van der Waals surface area contributed by atoms with Gasteiger partial charge in [0.1, 0.15) is 5.76 Å². The van der Waals surface area contributed by atoms with Crippen molar-refractivity contribution in [1.82, 2.24) is 10.5 Å². The number of aromatic nitrogens is 1. The maximum atomic E-state index is 9.80. The van der Waals surface area contributed by atoms with Crippen molar-refractivity contribution in [2.75, 3.05) is 6.61 Å². The van der Waals surface area contributed by atoms with Crippen LogP contribution in [0.25, 0.3) is 0 Å². The van der Waals surface area contributed by atoms with E-state index in [-0.39, 0.29) is 6.61 Å². The van der Waals surface area contributed by atoms with Crippen LogP contribution in [0.5, 0.6) is 0 Å². The number of aryl methyl sites for hydroxylation is 2. The number of nitrogens with zero attached hydrogens (tertiary/aromatic N) is 1. The number of aliphatic hydroxyl groups excluding tert-OH is 1. The molecule has 120 valence electrons. The summed E-state index contributed by atoms with van der Waals surface area (Å²) in [5.74, 6) is 0.900. The van der Waals surface area contributed by atoms with Gasteiger partial charge in [0.05, 0.1) is 12.3 Å². The minimum absolute atomic E-state index is 0.0431. The van der Waals surface area contributed by atoms with Crippen molar-refractivity contribution in [3.63, 3.8) is 0 Å². The molecule has 0 radical (unpaired) electrons. The molecule has 5 heteroatoms. The molecule has 0 fully saturated rings. The van der Waals surface area contributed by atoms with Crippen LogP contribution in [0.2, 0.25) is 5.02 Å². The molecule has 0 bridgehead atoms. The Morgan fingerprint density at radius 1 is 1.32 bits per heavy atom. The first kappa shape index (κ1) is 17.0. The molecule has 1 aromatic heterocycles. The van der Waals surface area contributed by atoms with Crippen LogP contribution < -0.4 is 5.32 Å². The molecule has 0 unspecified atom stereocenters. The van der Waals surface area contributed by atoms with Crippen molar-refractivity contribution in [2.24, 2.45) is 0 Å². The number of hydrogen-bond donors (Lipinski definition) is 2. The van der Waals surface area contributed by atoms with E-state index in [4.69, 9.17) is 16.1 Å². The van der Waals surface area contributed by atoms with Crippen molar-refractivity contribution in [1.29, 1.82) is 0 Å². The van der Waals surface area contributed by atoms with Crippen molar-refractivity contribution in [3.05, 3.63) is 51.9 Å². The molecule has 2 rings (SSSR count). The van der Waals surface area contributed by atoms with E-state index in [1.54, 1.807) is 0 Å². The van der Waals surface area contributed by atoms with Gasteiger partial charge in [0.25, 0.3) is 0 Å². The first-order valence-electron chi connectivity index (χ1n) is 7.52. The Labute approximate surface area is 136 Å². The van der Waals surface area contributed by atoms with Crippen molar-refractivity contribution in [3.8, 4) is 0 Å². The minimum atomic E-state index is -0.414. The maximum absolute atomic E-state index is 9.80. The molecule has 0 saturated carbocycles. The van der Waals surface area contributed by atoms with E-state index < -0.39 is 5.54 Å². The predicted octanol–water partition coefficient (Wildman–Crippen LogP) is 3.28. The summed E-state index contributed by atoms with van der Waals surface area (Å²) in [7, 11) is 0. The average molecular weight is 323 g/mol. The lowest BCUT2D eigenvalue weighted by molar-refractivity contribution is 0.172. The largest absolute Gasteiger partial charge is 0.394 e. The van der Waals surface area contributed by atoms with Gasteiger partial charge in [0, 0.05) is 29.1 Å². The van der Waals surface area contributed by atoms with Gasteiger partial charge in [-0.05, 0) is 38.0 Å². The van der Waals surface area contributed by atoms with E-state index in [1.165, 1.54) is 0 Å². The van der Waals surface area contributed by atoms with E-state index >= 15 is 0 Å². The normalized spacial score (nSPS) is 14.0. The summed E-state index contributed by atoms with van der Waals surface area (Å²) < 4.78 is 5.31. The second kappa shape index (κ2) is 7.27. The molecule has 1 heterocycles. The highest BCUT2D eigenvalue weighted by Gasteiger charge is 2.24. The zero-order valence-corrected chi connectivity index (χ0v) is 14.1. The molecule has 4 nitrogen and oxygen atoms in total. The lowest BCUT2D eigenvalue weighted by Gasteiger charge is -2.29. The zero-order valence-electron chi connectivity index (χ0n) is 13.3. The minimum Gasteiger partial charge on any atom is -0.394 e. The van der Waals surface area contributed by atoms with Gasteiger partial charge in [0.15, 0.2) is 0 Å². The van der Waals surface area contributed by atoms with Crippen LogP contribution in [0.3, 0.4) is 0 Å². The smallest absolute Gasteiger partial charge is 0.141 e. The summed E-state index contributed by atoms with van der Waals surface area (Å²) in [5, 5.41) is 18.0. The van der Waals surface area contributed by atoms with Crippen LogP contribution in [0.1, 0.15) is 36.4 Å². The van der Waals surface area contributed by atoms with E-state index in [1.807, 2.05) is 45.0 Å². The van der Waals surface area contributed by atoms with Crippen LogP contribution in [-0.2, 0) is 19.4 Å². The van der Waals surface area contributed by atoms with Gasteiger partial charge in [-0.1, -0.05) is 35.8 Å². The molecular formula is C17H23ClN2O2. The Morgan fingerprint density at radius 2 is 2.00 bits per heavy atom. The van der Waals surface area contributed by atoms with Gasteiger partial charge >= 0.3 is 0 Å². The second-order valence-corrected chi connectivity index (χ2v) is 6.34. The quantitative estimate of drug-likeness (QED) is 0.821. The monoisotopic (exact) mass is 322 g/mol. The van der Waals surface area contributed by atoms with Crippen LogP contribution in [0.15, 0.2) is 28.8 Å². The first-order valence-corrected chi connectivity index (χ1v) is 7.89.